The average molecular weight is 370 g/mol. The van der Waals surface area contributed by atoms with Gasteiger partial charge in [-0.25, -0.2) is 4.98 Å². The van der Waals surface area contributed by atoms with Crippen molar-refractivity contribution in [3.63, 3.8) is 0 Å². The Bertz CT molecular complexity index is 611. The highest BCUT2D eigenvalue weighted by Crippen LogP contribution is 2.34. The number of morpholine rings is 1. The largest absolute Gasteiger partial charge is 0.496 e. The Kier molecular flexibility index (Phi) is 4.90. The highest BCUT2D eigenvalue weighted by molar-refractivity contribution is 9.10. The summed E-state index contributed by atoms with van der Waals surface area (Å²) in [5.41, 5.74) is 2.19. The molecule has 2 heterocycles. The molecule has 1 saturated heterocycles. The van der Waals surface area contributed by atoms with Crippen molar-refractivity contribution in [3.8, 4) is 16.3 Å². The monoisotopic (exact) mass is 369 g/mol. The summed E-state index contributed by atoms with van der Waals surface area (Å²) < 4.78 is 11.9. The number of rotatable bonds is 4. The van der Waals surface area contributed by atoms with E-state index >= 15 is 0 Å². The molecule has 21 heavy (non-hydrogen) atoms. The fourth-order valence-corrected chi connectivity index (χ4v) is 3.65. The highest BCUT2D eigenvalue weighted by atomic mass is 79.9. The molecule has 112 valence electrons. The Morgan fingerprint density at radius 3 is 2.95 bits per heavy atom. The Hall–Kier alpha value is -0.950. The van der Waals surface area contributed by atoms with Gasteiger partial charge in [-0.3, -0.25) is 0 Å². The molecule has 0 bridgehead atoms. The number of nitrogens with one attached hydrogen (secondary N) is 1. The van der Waals surface area contributed by atoms with Gasteiger partial charge in [0.1, 0.15) is 36.1 Å². The molecule has 4 nitrogen and oxygen atoms in total. The number of hydrogen-bond donors (Lipinski definition) is 1. The van der Waals surface area contributed by atoms with E-state index in [1.54, 1.807) is 23.3 Å². The third-order valence-electron chi connectivity index (χ3n) is 3.57. The van der Waals surface area contributed by atoms with Crippen LogP contribution in [0.5, 0.6) is 5.75 Å². The van der Waals surface area contributed by atoms with Crippen LogP contribution in [0.3, 0.4) is 0 Å². The smallest absolute Gasteiger partial charge is 0.129 e. The summed E-state index contributed by atoms with van der Waals surface area (Å²) >= 11 is 5.19. The van der Waals surface area contributed by atoms with E-state index in [-0.39, 0.29) is 0 Å². The second kappa shape index (κ2) is 6.87. The minimum absolute atomic E-state index is 0.853. The van der Waals surface area contributed by atoms with Gasteiger partial charge in [-0.15, -0.1) is 11.3 Å². The van der Waals surface area contributed by atoms with Crippen molar-refractivity contribution in [2.75, 3.05) is 33.4 Å². The lowest BCUT2D eigenvalue weighted by atomic mass is 10.2. The molecule has 1 aromatic carbocycles. The number of thiazole rings is 1. The van der Waals surface area contributed by atoms with Crippen molar-refractivity contribution in [2.24, 2.45) is 0 Å². The van der Waals surface area contributed by atoms with Gasteiger partial charge in [0.25, 0.3) is 0 Å². The Labute approximate surface area is 136 Å². The highest BCUT2D eigenvalue weighted by Gasteiger charge is 2.17. The molecule has 0 amide bonds. The first-order chi connectivity index (χ1) is 10.3. The molecule has 0 aliphatic carbocycles. The van der Waals surface area contributed by atoms with Gasteiger partial charge in [0, 0.05) is 9.85 Å². The third-order valence-corrected chi connectivity index (χ3v) is 4.99. The van der Waals surface area contributed by atoms with Crippen molar-refractivity contribution in [1.29, 1.82) is 0 Å². The minimum Gasteiger partial charge on any atom is -0.496 e. The van der Waals surface area contributed by atoms with Crippen LogP contribution in [0.25, 0.3) is 10.6 Å². The number of quaternary nitrogens is 1. The van der Waals surface area contributed by atoms with Crippen LogP contribution in [0, 0.1) is 0 Å². The van der Waals surface area contributed by atoms with Crippen LogP contribution in [0.1, 0.15) is 5.69 Å². The summed E-state index contributed by atoms with van der Waals surface area (Å²) in [7, 11) is 1.69. The lowest BCUT2D eigenvalue weighted by molar-refractivity contribution is -0.921. The van der Waals surface area contributed by atoms with E-state index in [0.717, 1.165) is 59.3 Å². The molecule has 1 fully saturated rings. The number of methoxy groups -OCH3 is 1. The van der Waals surface area contributed by atoms with Gasteiger partial charge in [0.2, 0.25) is 0 Å². The maximum atomic E-state index is 5.44. The van der Waals surface area contributed by atoms with Crippen LogP contribution in [0.15, 0.2) is 28.1 Å². The van der Waals surface area contributed by atoms with E-state index in [2.05, 4.69) is 27.4 Å². The normalized spacial score (nSPS) is 16.1. The van der Waals surface area contributed by atoms with Gasteiger partial charge in [-0.05, 0) is 18.2 Å². The molecule has 3 rings (SSSR count). The molecule has 0 radical (unpaired) electrons. The standard InChI is InChI=1S/C15H17BrN2O2S/c1-19-14-3-2-11(16)8-13(14)15-17-12(10-21-15)9-18-4-6-20-7-5-18/h2-3,8,10H,4-7,9H2,1H3/p+1. The SMILES string of the molecule is COc1ccc(Br)cc1-c1nc(C[NH+]2CCOCC2)cs1. The molecular weight excluding hydrogens is 352 g/mol. The minimum atomic E-state index is 0.853. The molecular formula is C15H18BrN2O2S+. The van der Waals surface area contributed by atoms with Crippen molar-refractivity contribution in [2.45, 2.75) is 6.54 Å². The number of ether oxygens (including phenoxy) is 2. The molecule has 1 aliphatic rings. The summed E-state index contributed by atoms with van der Waals surface area (Å²) in [6, 6.07) is 6.01. The van der Waals surface area contributed by atoms with Gasteiger partial charge in [-0.2, -0.15) is 0 Å². The molecule has 0 spiro atoms. The van der Waals surface area contributed by atoms with E-state index in [9.17, 15) is 0 Å². The first-order valence-corrected chi connectivity index (χ1v) is 8.63. The second-order valence-corrected chi connectivity index (χ2v) is 6.80. The van der Waals surface area contributed by atoms with Gasteiger partial charge in [0.15, 0.2) is 0 Å². The quantitative estimate of drug-likeness (QED) is 0.895. The Morgan fingerprint density at radius 2 is 2.19 bits per heavy atom. The van der Waals surface area contributed by atoms with E-state index in [4.69, 9.17) is 14.5 Å². The first-order valence-electron chi connectivity index (χ1n) is 6.96. The lowest BCUT2D eigenvalue weighted by Crippen LogP contribution is -3.12. The molecule has 2 aromatic rings. The van der Waals surface area contributed by atoms with Gasteiger partial charge < -0.3 is 14.4 Å². The predicted octanol–water partition coefficient (Wildman–Crippen LogP) is 2.00. The third kappa shape index (κ3) is 3.63. The van der Waals surface area contributed by atoms with Crippen LogP contribution >= 0.6 is 27.3 Å². The van der Waals surface area contributed by atoms with Gasteiger partial charge in [-0.1, -0.05) is 15.9 Å². The fourth-order valence-electron chi connectivity index (χ4n) is 2.45. The molecule has 1 aromatic heterocycles. The zero-order chi connectivity index (χ0) is 14.7. The molecule has 1 aliphatic heterocycles. The summed E-state index contributed by atoms with van der Waals surface area (Å²) in [4.78, 5) is 6.32. The maximum Gasteiger partial charge on any atom is 0.129 e. The van der Waals surface area contributed by atoms with Crippen molar-refractivity contribution < 1.29 is 14.4 Å². The number of nitrogens with zero attached hydrogens (tertiary/aromatic N) is 1. The number of halogens is 1. The molecule has 0 atom stereocenters. The van der Waals surface area contributed by atoms with E-state index in [1.807, 2.05) is 12.1 Å². The van der Waals surface area contributed by atoms with Crippen LogP contribution in [-0.4, -0.2) is 38.4 Å². The van der Waals surface area contributed by atoms with Gasteiger partial charge >= 0.3 is 0 Å². The molecule has 0 unspecified atom stereocenters. The van der Waals surface area contributed by atoms with Crippen LogP contribution in [0.2, 0.25) is 0 Å². The van der Waals surface area contributed by atoms with Crippen molar-refractivity contribution >= 4 is 27.3 Å². The topological polar surface area (TPSA) is 35.8 Å². The summed E-state index contributed by atoms with van der Waals surface area (Å²) in [5.74, 6) is 0.859. The summed E-state index contributed by atoms with van der Waals surface area (Å²) in [6.45, 7) is 4.80. The van der Waals surface area contributed by atoms with Gasteiger partial charge in [0.05, 0.1) is 25.9 Å². The van der Waals surface area contributed by atoms with Crippen molar-refractivity contribution in [1.82, 2.24) is 4.98 Å². The first kappa shape index (κ1) is 15.0. The number of hydrogen-bond acceptors (Lipinski definition) is 4. The van der Waals surface area contributed by atoms with E-state index in [0.29, 0.717) is 0 Å². The summed E-state index contributed by atoms with van der Waals surface area (Å²) in [6.07, 6.45) is 0. The zero-order valence-corrected chi connectivity index (χ0v) is 14.3. The number of benzene rings is 1. The van der Waals surface area contributed by atoms with Crippen LogP contribution in [-0.2, 0) is 11.3 Å². The molecule has 6 heteroatoms. The zero-order valence-electron chi connectivity index (χ0n) is 11.9. The predicted molar refractivity (Wildman–Crippen MR) is 87.0 cm³/mol. The van der Waals surface area contributed by atoms with E-state index in [1.165, 1.54) is 0 Å². The average Bonchev–Trinajstić information content (AvgIpc) is 2.96. The number of aromatic nitrogens is 1. The van der Waals surface area contributed by atoms with E-state index < -0.39 is 0 Å². The maximum absolute atomic E-state index is 5.44. The summed E-state index contributed by atoms with van der Waals surface area (Å²) in [5, 5.41) is 3.16. The second-order valence-electron chi connectivity index (χ2n) is 5.03. The van der Waals surface area contributed by atoms with Crippen LogP contribution < -0.4 is 9.64 Å². The molecule has 1 N–H and O–H groups in total. The Morgan fingerprint density at radius 1 is 1.38 bits per heavy atom. The van der Waals surface area contributed by atoms with Crippen molar-refractivity contribution in [3.05, 3.63) is 33.7 Å². The Balaban J connectivity index is 1.79. The lowest BCUT2D eigenvalue weighted by Gasteiger charge is -2.22. The fraction of sp³-hybridized carbons (Fsp3) is 0.400. The molecule has 0 saturated carbocycles. The van der Waals surface area contributed by atoms with Crippen LogP contribution in [0.4, 0.5) is 0 Å².